The molecule has 0 bridgehead atoms. The first-order chi connectivity index (χ1) is 13.1. The van der Waals surface area contributed by atoms with Crippen molar-refractivity contribution < 1.29 is 65.0 Å². The maximum atomic E-state index is 9.94. The van der Waals surface area contributed by atoms with Crippen molar-refractivity contribution in [2.45, 2.75) is 74.8 Å². The monoisotopic (exact) mass is 416 g/mol. The van der Waals surface area contributed by atoms with Gasteiger partial charge in [0.2, 0.25) is 0 Å². The molecule has 0 aromatic carbocycles. The molecule has 9 N–H and O–H groups in total. The van der Waals surface area contributed by atoms with Crippen LogP contribution in [-0.2, 0) is 19.0 Å². The molecule has 13 heteroatoms. The predicted molar refractivity (Wildman–Crippen MR) is 86.5 cm³/mol. The van der Waals surface area contributed by atoms with E-state index in [2.05, 4.69) is 0 Å². The van der Waals surface area contributed by atoms with Crippen molar-refractivity contribution >= 4 is 5.97 Å². The number of aliphatic hydroxyl groups is 8. The Balaban J connectivity index is 0.000000696. The number of carbonyl (C=O) groups is 1. The zero-order chi connectivity index (χ0) is 21.6. The molecular formula is C15H28O13. The second-order valence-electron chi connectivity index (χ2n) is 6.27. The minimum Gasteiger partial charge on any atom is -0.481 e. The molecule has 0 spiro atoms. The molecule has 2 rings (SSSR count). The van der Waals surface area contributed by atoms with Crippen molar-refractivity contribution in [3.63, 3.8) is 0 Å². The van der Waals surface area contributed by atoms with E-state index in [0.29, 0.717) is 0 Å². The molecule has 1 unspecified atom stereocenters. The lowest BCUT2D eigenvalue weighted by molar-refractivity contribution is -0.355. The van der Waals surface area contributed by atoms with Gasteiger partial charge in [-0.05, 0) is 0 Å². The fourth-order valence-corrected chi connectivity index (χ4v) is 2.57. The van der Waals surface area contributed by atoms with Gasteiger partial charge in [0.25, 0.3) is 0 Å². The first-order valence-electron chi connectivity index (χ1n) is 8.57. The number of aliphatic carboxylic acids is 1. The topological polar surface area (TPSA) is 227 Å². The highest BCUT2D eigenvalue weighted by Crippen LogP contribution is 2.28. The average Bonchev–Trinajstić information content (AvgIpc) is 2.68. The standard InChI is InChI=1S/C12H22O11.C3H6O2/c13-1-3-5(15)6(16)9(19)12(22-3)23-10-4(2-14)21-11(20)8(18)7(10)17;1-2-3(4)5/h3-20H,1-2H2;2H2,1H3,(H,4,5)/t3-,4-,5+,6+,7-,8-,9-,10-,11?,12+;/m1./s1. The Labute approximate surface area is 159 Å². The molecule has 0 aliphatic carbocycles. The smallest absolute Gasteiger partial charge is 0.303 e. The van der Waals surface area contributed by atoms with Crippen LogP contribution in [-0.4, -0.2) is 127 Å². The van der Waals surface area contributed by atoms with Crippen molar-refractivity contribution in [1.29, 1.82) is 0 Å². The number of carboxylic acid groups (broad SMARTS) is 1. The summed E-state index contributed by atoms with van der Waals surface area (Å²) in [5.74, 6) is -0.745. The van der Waals surface area contributed by atoms with E-state index < -0.39 is 80.6 Å². The predicted octanol–water partition coefficient (Wildman–Crippen LogP) is -4.92. The van der Waals surface area contributed by atoms with Gasteiger partial charge in [-0.3, -0.25) is 4.79 Å². The minimum atomic E-state index is -1.74. The molecule has 2 aliphatic rings. The number of carboxylic acids is 1. The largest absolute Gasteiger partial charge is 0.481 e. The third kappa shape index (κ3) is 6.01. The second kappa shape index (κ2) is 11.3. The van der Waals surface area contributed by atoms with E-state index in [-0.39, 0.29) is 6.42 Å². The van der Waals surface area contributed by atoms with Gasteiger partial charge in [0, 0.05) is 6.42 Å². The Morgan fingerprint density at radius 2 is 1.36 bits per heavy atom. The maximum Gasteiger partial charge on any atom is 0.303 e. The summed E-state index contributed by atoms with van der Waals surface area (Å²) >= 11 is 0. The summed E-state index contributed by atoms with van der Waals surface area (Å²) in [6.07, 6.45) is -15.3. The van der Waals surface area contributed by atoms with E-state index in [0.717, 1.165) is 0 Å². The van der Waals surface area contributed by atoms with Crippen LogP contribution in [0.4, 0.5) is 0 Å². The van der Waals surface area contributed by atoms with Crippen molar-refractivity contribution in [1.82, 2.24) is 0 Å². The van der Waals surface area contributed by atoms with Crippen LogP contribution in [0, 0.1) is 0 Å². The van der Waals surface area contributed by atoms with Crippen molar-refractivity contribution in [2.24, 2.45) is 0 Å². The van der Waals surface area contributed by atoms with E-state index in [1.165, 1.54) is 0 Å². The SMILES string of the molecule is CCC(=O)O.OC[C@H]1O[C@@H](O[C@H]2[C@H](O)[C@@H](O)C(O)O[C@@H]2CO)[C@H](O)[C@@H](O)[C@H]1O. The van der Waals surface area contributed by atoms with Crippen LogP contribution >= 0.6 is 0 Å². The molecule has 2 saturated heterocycles. The highest BCUT2D eigenvalue weighted by atomic mass is 16.7. The molecule has 10 atom stereocenters. The number of hydrogen-bond acceptors (Lipinski definition) is 12. The van der Waals surface area contributed by atoms with Gasteiger partial charge in [-0.15, -0.1) is 0 Å². The van der Waals surface area contributed by atoms with Gasteiger partial charge >= 0.3 is 5.97 Å². The van der Waals surface area contributed by atoms with E-state index >= 15 is 0 Å². The first kappa shape index (κ1) is 25.1. The van der Waals surface area contributed by atoms with Crippen LogP contribution in [0.2, 0.25) is 0 Å². The fourth-order valence-electron chi connectivity index (χ4n) is 2.57. The van der Waals surface area contributed by atoms with Crippen LogP contribution in [0.1, 0.15) is 13.3 Å². The molecule has 28 heavy (non-hydrogen) atoms. The summed E-state index contributed by atoms with van der Waals surface area (Å²) in [6, 6.07) is 0. The van der Waals surface area contributed by atoms with E-state index in [4.69, 9.17) is 24.4 Å². The van der Waals surface area contributed by atoms with E-state index in [9.17, 15) is 40.5 Å². The van der Waals surface area contributed by atoms with Gasteiger partial charge in [-0.2, -0.15) is 0 Å². The molecular weight excluding hydrogens is 388 g/mol. The van der Waals surface area contributed by atoms with Crippen LogP contribution < -0.4 is 0 Å². The van der Waals surface area contributed by atoms with E-state index in [1.54, 1.807) is 6.92 Å². The zero-order valence-electron chi connectivity index (χ0n) is 15.1. The third-order valence-electron chi connectivity index (χ3n) is 4.28. The zero-order valence-corrected chi connectivity index (χ0v) is 15.1. The summed E-state index contributed by atoms with van der Waals surface area (Å²) < 4.78 is 15.3. The normalized spacial score (nSPS) is 43.8. The number of hydrogen-bond donors (Lipinski definition) is 9. The van der Waals surface area contributed by atoms with Gasteiger partial charge in [0.05, 0.1) is 13.2 Å². The summed E-state index contributed by atoms with van der Waals surface area (Å²) in [5, 5.41) is 84.2. The highest BCUT2D eigenvalue weighted by molar-refractivity contribution is 5.66. The molecule has 0 radical (unpaired) electrons. The average molecular weight is 416 g/mol. The second-order valence-corrected chi connectivity index (χ2v) is 6.27. The van der Waals surface area contributed by atoms with Crippen molar-refractivity contribution in [3.8, 4) is 0 Å². The number of rotatable bonds is 5. The Hall–Kier alpha value is -0.970. The summed E-state index contributed by atoms with van der Waals surface area (Å²) in [6.45, 7) is 0.255. The Morgan fingerprint density at radius 3 is 1.82 bits per heavy atom. The van der Waals surface area contributed by atoms with Gasteiger partial charge < -0.3 is 60.2 Å². The number of ether oxygens (including phenoxy) is 3. The van der Waals surface area contributed by atoms with Crippen LogP contribution in [0.5, 0.6) is 0 Å². The lowest BCUT2D eigenvalue weighted by Gasteiger charge is -2.45. The first-order valence-corrected chi connectivity index (χ1v) is 8.57. The number of aliphatic hydroxyl groups excluding tert-OH is 8. The summed E-state index contributed by atoms with van der Waals surface area (Å²) in [7, 11) is 0. The molecule has 2 fully saturated rings. The third-order valence-corrected chi connectivity index (χ3v) is 4.28. The van der Waals surface area contributed by atoms with Gasteiger partial charge in [0.1, 0.15) is 48.8 Å². The molecule has 2 heterocycles. The Kier molecular flexibility index (Phi) is 10.1. The molecule has 0 aromatic rings. The molecule has 13 nitrogen and oxygen atoms in total. The van der Waals surface area contributed by atoms with Crippen LogP contribution in [0.15, 0.2) is 0 Å². The van der Waals surface area contributed by atoms with Crippen molar-refractivity contribution in [2.75, 3.05) is 13.2 Å². The van der Waals surface area contributed by atoms with Gasteiger partial charge in [0.15, 0.2) is 12.6 Å². The minimum absolute atomic E-state index is 0.222. The molecule has 0 saturated carbocycles. The molecule has 2 aliphatic heterocycles. The van der Waals surface area contributed by atoms with Gasteiger partial charge in [-0.25, -0.2) is 0 Å². The molecule has 0 aromatic heterocycles. The van der Waals surface area contributed by atoms with Gasteiger partial charge in [-0.1, -0.05) is 6.92 Å². The molecule has 166 valence electrons. The summed E-state index contributed by atoms with van der Waals surface area (Å²) in [4.78, 5) is 9.37. The quantitative estimate of drug-likeness (QED) is 0.205. The van der Waals surface area contributed by atoms with Crippen LogP contribution in [0.3, 0.4) is 0 Å². The highest BCUT2D eigenvalue weighted by Gasteiger charge is 2.50. The Morgan fingerprint density at radius 1 is 0.821 bits per heavy atom. The van der Waals surface area contributed by atoms with E-state index in [1.807, 2.05) is 0 Å². The van der Waals surface area contributed by atoms with Crippen molar-refractivity contribution in [3.05, 3.63) is 0 Å². The lowest BCUT2D eigenvalue weighted by Crippen LogP contribution is -2.64. The maximum absolute atomic E-state index is 9.94. The molecule has 0 amide bonds. The lowest BCUT2D eigenvalue weighted by atomic mass is 9.97. The Bertz CT molecular complexity index is 473. The summed E-state index contributed by atoms with van der Waals surface area (Å²) in [5.41, 5.74) is 0. The fraction of sp³-hybridized carbons (Fsp3) is 0.933. The van der Waals surface area contributed by atoms with Crippen LogP contribution in [0.25, 0.3) is 0 Å².